The molecule has 0 aromatic carbocycles. The average Bonchev–Trinajstić information content (AvgIpc) is 2.53. The fourth-order valence-electron chi connectivity index (χ4n) is 2.77. The van der Waals surface area contributed by atoms with Gasteiger partial charge in [0.05, 0.1) is 6.54 Å². The van der Waals surface area contributed by atoms with Gasteiger partial charge in [-0.2, -0.15) is 0 Å². The zero-order chi connectivity index (χ0) is 17.6. The third kappa shape index (κ3) is 7.79. The molecule has 2 heterocycles. The van der Waals surface area contributed by atoms with Crippen molar-refractivity contribution in [2.45, 2.75) is 59.5 Å². The molecular formula is C19H34IN5. The highest BCUT2D eigenvalue weighted by Crippen LogP contribution is 2.21. The van der Waals surface area contributed by atoms with Crippen LogP contribution in [0.3, 0.4) is 0 Å². The van der Waals surface area contributed by atoms with E-state index in [4.69, 9.17) is 0 Å². The van der Waals surface area contributed by atoms with Crippen LogP contribution in [0.4, 0.5) is 5.82 Å². The summed E-state index contributed by atoms with van der Waals surface area (Å²) in [4.78, 5) is 11.7. The number of hydrogen-bond acceptors (Lipinski definition) is 3. The summed E-state index contributed by atoms with van der Waals surface area (Å²) < 4.78 is 0. The van der Waals surface area contributed by atoms with Crippen LogP contribution in [0.25, 0.3) is 0 Å². The Morgan fingerprint density at radius 3 is 2.48 bits per heavy atom. The SMILES string of the molecule is CCNC(=NCc1ccc(N2CCC(C)CC2)nc1)NC(C)(C)C.I. The monoisotopic (exact) mass is 459 g/mol. The van der Waals surface area contributed by atoms with Gasteiger partial charge in [0.25, 0.3) is 0 Å². The maximum atomic E-state index is 4.66. The van der Waals surface area contributed by atoms with Gasteiger partial charge in [-0.3, -0.25) is 0 Å². The van der Waals surface area contributed by atoms with Crippen LogP contribution in [0, 0.1) is 5.92 Å². The van der Waals surface area contributed by atoms with E-state index in [9.17, 15) is 0 Å². The van der Waals surface area contributed by atoms with Crippen LogP contribution < -0.4 is 15.5 Å². The summed E-state index contributed by atoms with van der Waals surface area (Å²) in [5.41, 5.74) is 1.13. The lowest BCUT2D eigenvalue weighted by atomic mass is 9.99. The minimum atomic E-state index is -0.00545. The molecule has 142 valence electrons. The maximum absolute atomic E-state index is 4.66. The number of piperidine rings is 1. The average molecular weight is 459 g/mol. The van der Waals surface area contributed by atoms with Crippen molar-refractivity contribution in [3.05, 3.63) is 23.9 Å². The van der Waals surface area contributed by atoms with E-state index < -0.39 is 0 Å². The van der Waals surface area contributed by atoms with E-state index in [1.54, 1.807) is 0 Å². The number of guanidine groups is 1. The Hall–Kier alpha value is -1.05. The summed E-state index contributed by atoms with van der Waals surface area (Å²) in [5.74, 6) is 2.78. The number of halogens is 1. The van der Waals surface area contributed by atoms with Crippen LogP contribution in [0.5, 0.6) is 0 Å². The predicted octanol–water partition coefficient (Wildman–Crippen LogP) is 3.79. The van der Waals surface area contributed by atoms with Crippen LogP contribution in [-0.2, 0) is 6.54 Å². The van der Waals surface area contributed by atoms with Gasteiger partial charge in [-0.25, -0.2) is 9.98 Å². The summed E-state index contributed by atoms with van der Waals surface area (Å²) in [6, 6.07) is 4.27. The summed E-state index contributed by atoms with van der Waals surface area (Å²) in [5, 5.41) is 6.69. The number of aliphatic imine (C=N–C) groups is 1. The Labute approximate surface area is 170 Å². The van der Waals surface area contributed by atoms with E-state index >= 15 is 0 Å². The van der Waals surface area contributed by atoms with Crippen molar-refractivity contribution in [2.24, 2.45) is 10.9 Å². The van der Waals surface area contributed by atoms with Crippen molar-refractivity contribution in [1.29, 1.82) is 0 Å². The fourth-order valence-corrected chi connectivity index (χ4v) is 2.77. The van der Waals surface area contributed by atoms with E-state index in [-0.39, 0.29) is 29.5 Å². The second-order valence-corrected chi connectivity index (χ2v) is 7.76. The quantitative estimate of drug-likeness (QED) is 0.409. The first-order chi connectivity index (χ1) is 11.4. The molecule has 1 aliphatic heterocycles. The van der Waals surface area contributed by atoms with Gasteiger partial charge in [0.1, 0.15) is 5.82 Å². The molecule has 0 aliphatic carbocycles. The number of nitrogens with zero attached hydrogens (tertiary/aromatic N) is 3. The number of aromatic nitrogens is 1. The Bertz CT molecular complexity index is 528. The number of hydrogen-bond donors (Lipinski definition) is 2. The molecule has 0 saturated carbocycles. The molecule has 1 aliphatic rings. The van der Waals surface area contributed by atoms with Gasteiger partial charge in [0.2, 0.25) is 0 Å². The van der Waals surface area contributed by atoms with E-state index in [1.165, 1.54) is 12.8 Å². The molecule has 0 bridgehead atoms. The van der Waals surface area contributed by atoms with Gasteiger partial charge >= 0.3 is 0 Å². The van der Waals surface area contributed by atoms with Gasteiger partial charge < -0.3 is 15.5 Å². The first-order valence-electron chi connectivity index (χ1n) is 9.14. The van der Waals surface area contributed by atoms with Crippen molar-refractivity contribution in [1.82, 2.24) is 15.6 Å². The zero-order valence-corrected chi connectivity index (χ0v) is 18.6. The third-order valence-electron chi connectivity index (χ3n) is 4.17. The summed E-state index contributed by atoms with van der Waals surface area (Å²) in [6.07, 6.45) is 4.48. The standard InChI is InChI=1S/C19H33N5.HI/c1-6-20-18(23-19(3,4)5)22-14-16-7-8-17(21-13-16)24-11-9-15(2)10-12-24;/h7-8,13,15H,6,9-12,14H2,1-5H3,(H2,20,22,23);1H. The fraction of sp³-hybridized carbons (Fsp3) is 0.684. The molecule has 0 unspecified atom stereocenters. The lowest BCUT2D eigenvalue weighted by Gasteiger charge is -2.31. The van der Waals surface area contributed by atoms with Crippen molar-refractivity contribution < 1.29 is 0 Å². The highest BCUT2D eigenvalue weighted by molar-refractivity contribution is 14.0. The molecule has 1 fully saturated rings. The van der Waals surface area contributed by atoms with Crippen LogP contribution in [0.1, 0.15) is 53.0 Å². The normalized spacial score (nSPS) is 16.4. The molecular weight excluding hydrogens is 425 g/mol. The Kier molecular flexibility index (Phi) is 8.96. The van der Waals surface area contributed by atoms with Gasteiger partial charge in [-0.15, -0.1) is 24.0 Å². The molecule has 1 aromatic rings. The van der Waals surface area contributed by atoms with E-state index in [1.807, 2.05) is 6.20 Å². The molecule has 0 spiro atoms. The number of rotatable bonds is 4. The minimum Gasteiger partial charge on any atom is -0.357 e. The highest BCUT2D eigenvalue weighted by Gasteiger charge is 2.16. The number of anilines is 1. The first-order valence-corrected chi connectivity index (χ1v) is 9.14. The second-order valence-electron chi connectivity index (χ2n) is 7.76. The molecule has 0 atom stereocenters. The first kappa shape index (κ1) is 22.0. The largest absolute Gasteiger partial charge is 0.357 e. The molecule has 1 aromatic heterocycles. The van der Waals surface area contributed by atoms with Crippen LogP contribution in [-0.4, -0.2) is 36.1 Å². The molecule has 1 saturated heterocycles. The van der Waals surface area contributed by atoms with Crippen LogP contribution >= 0.6 is 24.0 Å². The lowest BCUT2D eigenvalue weighted by Crippen LogP contribution is -2.47. The second kappa shape index (κ2) is 10.2. The van der Waals surface area contributed by atoms with Crippen molar-refractivity contribution in [3.63, 3.8) is 0 Å². The lowest BCUT2D eigenvalue weighted by molar-refractivity contribution is 0.436. The summed E-state index contributed by atoms with van der Waals surface area (Å²) in [7, 11) is 0. The van der Waals surface area contributed by atoms with Crippen molar-refractivity contribution in [2.75, 3.05) is 24.5 Å². The molecule has 0 radical (unpaired) electrons. The molecule has 0 amide bonds. The van der Waals surface area contributed by atoms with Gasteiger partial charge in [-0.1, -0.05) is 13.0 Å². The van der Waals surface area contributed by atoms with E-state index in [0.717, 1.165) is 42.9 Å². The number of nitrogens with one attached hydrogen (secondary N) is 2. The topological polar surface area (TPSA) is 52.6 Å². The zero-order valence-electron chi connectivity index (χ0n) is 16.3. The van der Waals surface area contributed by atoms with Crippen molar-refractivity contribution >= 4 is 35.8 Å². The van der Waals surface area contributed by atoms with Gasteiger partial charge in [0.15, 0.2) is 5.96 Å². The highest BCUT2D eigenvalue weighted by atomic mass is 127. The predicted molar refractivity (Wildman–Crippen MR) is 118 cm³/mol. The van der Waals surface area contributed by atoms with Crippen LogP contribution in [0.2, 0.25) is 0 Å². The molecule has 25 heavy (non-hydrogen) atoms. The van der Waals surface area contributed by atoms with Crippen LogP contribution in [0.15, 0.2) is 23.3 Å². The Morgan fingerprint density at radius 1 is 1.28 bits per heavy atom. The van der Waals surface area contributed by atoms with Gasteiger partial charge in [0, 0.05) is 31.4 Å². The van der Waals surface area contributed by atoms with Crippen molar-refractivity contribution in [3.8, 4) is 0 Å². The minimum absolute atomic E-state index is 0. The summed E-state index contributed by atoms with van der Waals surface area (Å²) in [6.45, 7) is 14.5. The van der Waals surface area contributed by atoms with E-state index in [2.05, 4.69) is 72.3 Å². The van der Waals surface area contributed by atoms with E-state index in [0.29, 0.717) is 6.54 Å². The maximum Gasteiger partial charge on any atom is 0.191 e. The smallest absolute Gasteiger partial charge is 0.191 e. The Balaban J connectivity index is 0.00000312. The Morgan fingerprint density at radius 2 is 1.96 bits per heavy atom. The number of pyridine rings is 1. The molecule has 2 N–H and O–H groups in total. The van der Waals surface area contributed by atoms with Gasteiger partial charge in [-0.05, 0) is 58.1 Å². The summed E-state index contributed by atoms with van der Waals surface area (Å²) >= 11 is 0. The molecule has 2 rings (SSSR count). The third-order valence-corrected chi connectivity index (χ3v) is 4.17. The molecule has 5 nitrogen and oxygen atoms in total. The molecule has 6 heteroatoms.